The zero-order chi connectivity index (χ0) is 16.9. The Morgan fingerprint density at radius 1 is 1.35 bits per heavy atom. The fourth-order valence-electron chi connectivity index (χ4n) is 2.08. The molecule has 8 heteroatoms. The molecule has 0 saturated carbocycles. The summed E-state index contributed by atoms with van der Waals surface area (Å²) in [5, 5.41) is 9.94. The van der Waals surface area contributed by atoms with Crippen molar-refractivity contribution in [1.29, 1.82) is 0 Å². The number of alkyl halides is 3. The lowest BCUT2D eigenvalue weighted by molar-refractivity contribution is -0.139. The summed E-state index contributed by atoms with van der Waals surface area (Å²) < 4.78 is 43.7. The van der Waals surface area contributed by atoms with Crippen LogP contribution in [0.25, 0.3) is 0 Å². The SMILES string of the molecule is CN(Cc1cncs1)CC(O)COc1ccccc1C(F)(F)F. The number of aromatic nitrogens is 1. The Morgan fingerprint density at radius 3 is 2.74 bits per heavy atom. The first kappa shape index (κ1) is 17.7. The standard InChI is InChI=1S/C15H17F3N2O2S/c1-20(8-12-6-19-10-23-12)7-11(21)9-22-14-5-3-2-4-13(14)15(16,17)18/h2-6,10-11,21H,7-9H2,1H3. The minimum atomic E-state index is -4.48. The van der Waals surface area contributed by atoms with Gasteiger partial charge in [-0.3, -0.25) is 9.88 Å². The number of hydrogen-bond acceptors (Lipinski definition) is 5. The summed E-state index contributed by atoms with van der Waals surface area (Å²) >= 11 is 1.50. The number of ether oxygens (including phenoxy) is 1. The summed E-state index contributed by atoms with van der Waals surface area (Å²) in [6, 6.07) is 4.97. The summed E-state index contributed by atoms with van der Waals surface area (Å²) in [5.41, 5.74) is 0.877. The van der Waals surface area contributed by atoms with Crippen LogP contribution < -0.4 is 4.74 Å². The third kappa shape index (κ3) is 5.49. The van der Waals surface area contributed by atoms with E-state index in [1.54, 1.807) is 11.7 Å². The van der Waals surface area contributed by atoms with Crippen molar-refractivity contribution < 1.29 is 23.0 Å². The minimum absolute atomic E-state index is 0.208. The molecule has 0 bridgehead atoms. The molecular formula is C15H17F3N2O2S. The molecule has 126 valence electrons. The molecule has 0 aliphatic rings. The highest BCUT2D eigenvalue weighted by molar-refractivity contribution is 7.09. The van der Waals surface area contributed by atoms with E-state index >= 15 is 0 Å². The van der Waals surface area contributed by atoms with Crippen LogP contribution in [-0.4, -0.2) is 41.3 Å². The zero-order valence-corrected chi connectivity index (χ0v) is 13.3. The number of likely N-dealkylation sites (N-methyl/N-ethyl adjacent to an activating group) is 1. The van der Waals surface area contributed by atoms with Crippen LogP contribution in [0, 0.1) is 0 Å². The van der Waals surface area contributed by atoms with Gasteiger partial charge in [-0.2, -0.15) is 13.2 Å². The van der Waals surface area contributed by atoms with Gasteiger partial charge in [0.05, 0.1) is 11.1 Å². The van der Waals surface area contributed by atoms with Crippen LogP contribution in [0.2, 0.25) is 0 Å². The monoisotopic (exact) mass is 346 g/mol. The fraction of sp³-hybridized carbons (Fsp3) is 0.400. The number of benzene rings is 1. The number of halogens is 3. The fourth-order valence-corrected chi connectivity index (χ4v) is 2.75. The van der Waals surface area contributed by atoms with Gasteiger partial charge in [0.25, 0.3) is 0 Å². The highest BCUT2D eigenvalue weighted by atomic mass is 32.1. The molecule has 1 aromatic heterocycles. The van der Waals surface area contributed by atoms with Gasteiger partial charge in [-0.05, 0) is 19.2 Å². The number of nitrogens with zero attached hydrogens (tertiary/aromatic N) is 2. The van der Waals surface area contributed by atoms with E-state index in [1.807, 2.05) is 11.9 Å². The van der Waals surface area contributed by atoms with Crippen molar-refractivity contribution in [2.75, 3.05) is 20.2 Å². The predicted octanol–water partition coefficient (Wildman–Crippen LogP) is 3.03. The van der Waals surface area contributed by atoms with E-state index in [1.165, 1.54) is 29.5 Å². The van der Waals surface area contributed by atoms with Gasteiger partial charge < -0.3 is 9.84 Å². The molecule has 23 heavy (non-hydrogen) atoms. The summed E-state index contributed by atoms with van der Waals surface area (Å²) in [6.07, 6.45) is -3.64. The topological polar surface area (TPSA) is 45.6 Å². The lowest BCUT2D eigenvalue weighted by Gasteiger charge is -2.21. The third-order valence-electron chi connectivity index (χ3n) is 3.06. The minimum Gasteiger partial charge on any atom is -0.490 e. The van der Waals surface area contributed by atoms with Crippen LogP contribution in [-0.2, 0) is 12.7 Å². The van der Waals surface area contributed by atoms with Gasteiger partial charge in [-0.1, -0.05) is 12.1 Å². The highest BCUT2D eigenvalue weighted by Crippen LogP contribution is 2.35. The Labute approximate surface area is 136 Å². The van der Waals surface area contributed by atoms with Crippen LogP contribution in [0.5, 0.6) is 5.75 Å². The van der Waals surface area contributed by atoms with Crippen molar-refractivity contribution in [2.24, 2.45) is 0 Å². The number of para-hydroxylation sites is 1. The second-order valence-electron chi connectivity index (χ2n) is 5.12. The Kier molecular flexibility index (Phi) is 5.97. The molecule has 0 aliphatic carbocycles. The highest BCUT2D eigenvalue weighted by Gasteiger charge is 2.34. The number of thiazole rings is 1. The van der Waals surface area contributed by atoms with Crippen molar-refractivity contribution in [2.45, 2.75) is 18.8 Å². The van der Waals surface area contributed by atoms with Crippen molar-refractivity contribution in [3.05, 3.63) is 46.4 Å². The average Bonchev–Trinajstić information content (AvgIpc) is 2.97. The lowest BCUT2D eigenvalue weighted by Crippen LogP contribution is -2.32. The summed E-state index contributed by atoms with van der Waals surface area (Å²) in [4.78, 5) is 6.86. The molecule has 2 rings (SSSR count). The van der Waals surface area contributed by atoms with E-state index in [0.29, 0.717) is 6.54 Å². The summed E-state index contributed by atoms with van der Waals surface area (Å²) in [5.74, 6) is -0.274. The molecule has 4 nitrogen and oxygen atoms in total. The molecule has 2 aromatic rings. The molecule has 0 fully saturated rings. The zero-order valence-electron chi connectivity index (χ0n) is 12.5. The molecule has 1 N–H and O–H groups in total. The first-order valence-corrected chi connectivity index (χ1v) is 7.77. The first-order chi connectivity index (χ1) is 10.9. The van der Waals surface area contributed by atoms with E-state index in [2.05, 4.69) is 4.98 Å². The van der Waals surface area contributed by atoms with E-state index in [4.69, 9.17) is 4.74 Å². The molecule has 0 spiro atoms. The molecular weight excluding hydrogens is 329 g/mol. The molecule has 1 aromatic carbocycles. The van der Waals surface area contributed by atoms with Crippen LogP contribution in [0.15, 0.2) is 36.0 Å². The molecule has 1 atom stereocenters. The van der Waals surface area contributed by atoms with E-state index in [0.717, 1.165) is 10.9 Å². The molecule has 1 heterocycles. The predicted molar refractivity (Wildman–Crippen MR) is 81.4 cm³/mol. The Hall–Kier alpha value is -1.64. The molecule has 1 unspecified atom stereocenters. The Bertz CT molecular complexity index is 605. The van der Waals surface area contributed by atoms with Gasteiger partial charge >= 0.3 is 6.18 Å². The van der Waals surface area contributed by atoms with Gasteiger partial charge in [0.15, 0.2) is 0 Å². The maximum absolute atomic E-state index is 12.8. The molecule has 0 amide bonds. The maximum Gasteiger partial charge on any atom is 0.419 e. The maximum atomic E-state index is 12.8. The molecule has 0 saturated heterocycles. The quantitative estimate of drug-likeness (QED) is 0.837. The normalized spacial score (nSPS) is 13.3. The third-order valence-corrected chi connectivity index (χ3v) is 3.82. The lowest BCUT2D eigenvalue weighted by atomic mass is 10.2. The average molecular weight is 346 g/mol. The van der Waals surface area contributed by atoms with Gasteiger partial charge in [0.1, 0.15) is 18.5 Å². The number of hydrogen-bond donors (Lipinski definition) is 1. The van der Waals surface area contributed by atoms with Crippen LogP contribution in [0.4, 0.5) is 13.2 Å². The van der Waals surface area contributed by atoms with Crippen molar-refractivity contribution in [3.8, 4) is 5.75 Å². The summed E-state index contributed by atoms with van der Waals surface area (Å²) in [7, 11) is 1.81. The van der Waals surface area contributed by atoms with Gasteiger partial charge in [-0.25, -0.2) is 0 Å². The van der Waals surface area contributed by atoms with Crippen LogP contribution >= 0.6 is 11.3 Å². The van der Waals surface area contributed by atoms with Crippen molar-refractivity contribution in [3.63, 3.8) is 0 Å². The Balaban J connectivity index is 1.86. The van der Waals surface area contributed by atoms with E-state index < -0.39 is 17.8 Å². The van der Waals surface area contributed by atoms with Crippen molar-refractivity contribution in [1.82, 2.24) is 9.88 Å². The van der Waals surface area contributed by atoms with Gasteiger partial charge in [0, 0.05) is 24.2 Å². The van der Waals surface area contributed by atoms with Gasteiger partial charge in [0.2, 0.25) is 0 Å². The van der Waals surface area contributed by atoms with Crippen LogP contribution in [0.3, 0.4) is 0 Å². The number of aliphatic hydroxyl groups is 1. The molecule has 0 aliphatic heterocycles. The summed E-state index contributed by atoms with van der Waals surface area (Å²) in [6.45, 7) is 0.688. The Morgan fingerprint density at radius 2 is 2.09 bits per heavy atom. The smallest absolute Gasteiger partial charge is 0.419 e. The largest absolute Gasteiger partial charge is 0.490 e. The first-order valence-electron chi connectivity index (χ1n) is 6.89. The molecule has 0 radical (unpaired) electrons. The van der Waals surface area contributed by atoms with E-state index in [9.17, 15) is 18.3 Å². The van der Waals surface area contributed by atoms with E-state index in [-0.39, 0.29) is 18.9 Å². The van der Waals surface area contributed by atoms with Crippen molar-refractivity contribution >= 4 is 11.3 Å². The van der Waals surface area contributed by atoms with Gasteiger partial charge in [-0.15, -0.1) is 11.3 Å². The second kappa shape index (κ2) is 7.76. The van der Waals surface area contributed by atoms with Crippen LogP contribution in [0.1, 0.15) is 10.4 Å². The number of rotatable bonds is 7. The number of aliphatic hydroxyl groups excluding tert-OH is 1. The second-order valence-corrected chi connectivity index (χ2v) is 6.09.